The molecule has 0 atom stereocenters. The molecule has 2 heterocycles. The van der Waals surface area contributed by atoms with E-state index in [1.807, 2.05) is 47.8 Å². The maximum atomic E-state index is 12.8. The number of carbonyl (C=O) groups is 3. The minimum atomic E-state index is -0.658. The van der Waals surface area contributed by atoms with E-state index in [1.165, 1.54) is 23.5 Å². The Kier molecular flexibility index (Phi) is 6.09. The molecule has 0 spiro atoms. The minimum Gasteiger partial charge on any atom is -0.452 e. The molecule has 0 saturated heterocycles. The van der Waals surface area contributed by atoms with Crippen LogP contribution in [0.25, 0.3) is 16.3 Å². The molecule has 8 nitrogen and oxygen atoms in total. The third-order valence-electron chi connectivity index (χ3n) is 4.50. The smallest absolute Gasteiger partial charge is 0.342 e. The molecule has 160 valence electrons. The zero-order valence-corrected chi connectivity index (χ0v) is 17.5. The van der Waals surface area contributed by atoms with E-state index < -0.39 is 24.4 Å². The van der Waals surface area contributed by atoms with E-state index in [2.05, 4.69) is 10.4 Å². The van der Waals surface area contributed by atoms with Crippen molar-refractivity contribution in [3.8, 4) is 16.3 Å². The van der Waals surface area contributed by atoms with Gasteiger partial charge in [-0.2, -0.15) is 5.10 Å². The van der Waals surface area contributed by atoms with Gasteiger partial charge in [0, 0.05) is 17.4 Å². The van der Waals surface area contributed by atoms with Gasteiger partial charge in [0.2, 0.25) is 5.91 Å². The number of carbonyl (C=O) groups excluding carboxylic acids is 3. The van der Waals surface area contributed by atoms with Crippen molar-refractivity contribution in [2.45, 2.75) is 0 Å². The number of thiophene rings is 1. The van der Waals surface area contributed by atoms with Crippen molar-refractivity contribution in [1.29, 1.82) is 0 Å². The average molecular weight is 446 g/mol. The van der Waals surface area contributed by atoms with Crippen LogP contribution >= 0.6 is 11.3 Å². The van der Waals surface area contributed by atoms with Crippen molar-refractivity contribution < 1.29 is 19.1 Å². The highest BCUT2D eigenvalue weighted by Crippen LogP contribution is 2.28. The third kappa shape index (κ3) is 4.73. The number of esters is 1. The number of hydrogen-bond donors (Lipinski definition) is 2. The molecular weight excluding hydrogens is 428 g/mol. The molecule has 0 saturated carbocycles. The first-order valence-corrected chi connectivity index (χ1v) is 10.4. The van der Waals surface area contributed by atoms with E-state index >= 15 is 0 Å². The Bertz CT molecular complexity index is 1250. The van der Waals surface area contributed by atoms with Gasteiger partial charge in [-0.1, -0.05) is 24.3 Å². The topological polar surface area (TPSA) is 116 Å². The van der Waals surface area contributed by atoms with Gasteiger partial charge in [0.05, 0.1) is 10.6 Å². The van der Waals surface area contributed by atoms with E-state index in [0.29, 0.717) is 16.9 Å². The summed E-state index contributed by atoms with van der Waals surface area (Å²) in [5, 5.41) is 9.04. The number of hydrogen-bond acceptors (Lipinski definition) is 6. The molecular formula is C23H18N4O4S. The lowest BCUT2D eigenvalue weighted by Crippen LogP contribution is -2.21. The van der Waals surface area contributed by atoms with Crippen molar-refractivity contribution in [1.82, 2.24) is 9.78 Å². The lowest BCUT2D eigenvalue weighted by Gasteiger charge is -2.07. The molecule has 4 rings (SSSR count). The zero-order valence-electron chi connectivity index (χ0n) is 16.7. The second-order valence-corrected chi connectivity index (χ2v) is 7.66. The van der Waals surface area contributed by atoms with E-state index in [-0.39, 0.29) is 5.56 Å². The van der Waals surface area contributed by atoms with Crippen LogP contribution in [-0.2, 0) is 9.53 Å². The normalized spacial score (nSPS) is 10.5. The highest BCUT2D eigenvalue weighted by atomic mass is 32.1. The number of nitrogens with two attached hydrogens (primary N) is 1. The Morgan fingerprint density at radius 2 is 1.75 bits per heavy atom. The van der Waals surface area contributed by atoms with Gasteiger partial charge >= 0.3 is 5.97 Å². The van der Waals surface area contributed by atoms with Gasteiger partial charge < -0.3 is 15.8 Å². The number of primary amides is 1. The predicted molar refractivity (Wildman–Crippen MR) is 121 cm³/mol. The summed E-state index contributed by atoms with van der Waals surface area (Å²) >= 11 is 1.45. The Morgan fingerprint density at radius 1 is 1.00 bits per heavy atom. The van der Waals surface area contributed by atoms with E-state index in [4.69, 9.17) is 10.5 Å². The lowest BCUT2D eigenvalue weighted by atomic mass is 10.2. The lowest BCUT2D eigenvalue weighted by molar-refractivity contribution is -0.119. The van der Waals surface area contributed by atoms with E-state index in [1.54, 1.807) is 23.0 Å². The third-order valence-corrected chi connectivity index (χ3v) is 5.37. The van der Waals surface area contributed by atoms with Crippen molar-refractivity contribution in [2.24, 2.45) is 5.73 Å². The Morgan fingerprint density at radius 3 is 2.41 bits per heavy atom. The summed E-state index contributed by atoms with van der Waals surface area (Å²) in [6, 6.07) is 19.2. The number of para-hydroxylation sites is 1. The minimum absolute atomic E-state index is 0.259. The number of nitrogens with one attached hydrogen (secondary N) is 1. The monoisotopic (exact) mass is 446 g/mol. The van der Waals surface area contributed by atoms with Gasteiger partial charge in [-0.25, -0.2) is 9.48 Å². The number of aromatic nitrogens is 2. The molecule has 4 aromatic rings. The van der Waals surface area contributed by atoms with Crippen molar-refractivity contribution in [3.05, 3.63) is 89.4 Å². The van der Waals surface area contributed by atoms with Crippen molar-refractivity contribution >= 4 is 34.8 Å². The van der Waals surface area contributed by atoms with Gasteiger partial charge in [0.15, 0.2) is 6.61 Å². The van der Waals surface area contributed by atoms with Gasteiger partial charge in [-0.15, -0.1) is 11.3 Å². The predicted octanol–water partition coefficient (Wildman–Crippen LogP) is 3.50. The standard InChI is InChI=1S/C23H18N4O4S/c24-22(29)15-8-10-16(11-9-15)25-20(28)14-31-23(30)18-13-27(17-5-2-1-3-6-17)26-21(18)19-7-4-12-32-19/h1-13H,14H2,(H2,24,29)(H,25,28). The van der Waals surface area contributed by atoms with Crippen molar-refractivity contribution in [3.63, 3.8) is 0 Å². The maximum Gasteiger partial charge on any atom is 0.342 e. The van der Waals surface area contributed by atoms with Gasteiger partial charge in [0.1, 0.15) is 11.3 Å². The molecule has 2 amide bonds. The number of benzene rings is 2. The average Bonchev–Trinajstić information content (AvgIpc) is 3.48. The number of amides is 2. The summed E-state index contributed by atoms with van der Waals surface area (Å²) < 4.78 is 6.84. The summed E-state index contributed by atoms with van der Waals surface area (Å²) in [6.45, 7) is -0.475. The first-order valence-electron chi connectivity index (χ1n) is 9.57. The number of anilines is 1. The first-order chi connectivity index (χ1) is 15.5. The van der Waals surface area contributed by atoms with Crippen LogP contribution in [0.15, 0.2) is 78.3 Å². The Hall–Kier alpha value is -4.24. The fourth-order valence-corrected chi connectivity index (χ4v) is 3.68. The summed E-state index contributed by atoms with van der Waals surface area (Å²) in [7, 11) is 0. The highest BCUT2D eigenvalue weighted by Gasteiger charge is 2.21. The number of ether oxygens (including phenoxy) is 1. The molecule has 0 bridgehead atoms. The number of nitrogens with zero attached hydrogens (tertiary/aromatic N) is 2. The summed E-state index contributed by atoms with van der Waals surface area (Å²) in [4.78, 5) is 36.9. The molecule has 2 aromatic heterocycles. The van der Waals surface area contributed by atoms with Crippen LogP contribution in [0.5, 0.6) is 0 Å². The molecule has 0 aliphatic heterocycles. The molecule has 0 unspecified atom stereocenters. The van der Waals surface area contributed by atoms with Crippen LogP contribution in [0.1, 0.15) is 20.7 Å². The molecule has 2 aromatic carbocycles. The van der Waals surface area contributed by atoms with Gasteiger partial charge in [-0.3, -0.25) is 9.59 Å². The molecule has 0 aliphatic rings. The first kappa shape index (κ1) is 21.0. The van der Waals surface area contributed by atoms with Crippen LogP contribution in [0, 0.1) is 0 Å². The largest absolute Gasteiger partial charge is 0.452 e. The zero-order chi connectivity index (χ0) is 22.5. The number of rotatable bonds is 7. The summed E-state index contributed by atoms with van der Waals surface area (Å²) in [5.41, 5.74) is 7.51. The van der Waals surface area contributed by atoms with Crippen LogP contribution in [-0.4, -0.2) is 34.2 Å². The van der Waals surface area contributed by atoms with Gasteiger partial charge in [-0.05, 0) is 47.8 Å². The molecule has 0 fully saturated rings. The van der Waals surface area contributed by atoms with Crippen molar-refractivity contribution in [2.75, 3.05) is 11.9 Å². The molecule has 9 heteroatoms. The van der Waals surface area contributed by atoms with Crippen LogP contribution in [0.3, 0.4) is 0 Å². The molecule has 32 heavy (non-hydrogen) atoms. The van der Waals surface area contributed by atoms with Crippen LogP contribution in [0.2, 0.25) is 0 Å². The second kappa shape index (κ2) is 9.27. The Labute approximate surface area is 187 Å². The molecule has 3 N–H and O–H groups in total. The SMILES string of the molecule is NC(=O)c1ccc(NC(=O)COC(=O)c2cn(-c3ccccc3)nc2-c2cccs2)cc1. The summed E-state index contributed by atoms with van der Waals surface area (Å²) in [6.07, 6.45) is 1.59. The maximum absolute atomic E-state index is 12.8. The fourth-order valence-electron chi connectivity index (χ4n) is 2.96. The second-order valence-electron chi connectivity index (χ2n) is 6.71. The summed E-state index contributed by atoms with van der Waals surface area (Å²) in [5.74, 6) is -1.73. The van der Waals surface area contributed by atoms with E-state index in [0.717, 1.165) is 10.6 Å². The quantitative estimate of drug-likeness (QED) is 0.422. The fraction of sp³-hybridized carbons (Fsp3) is 0.0435. The van der Waals surface area contributed by atoms with Crippen LogP contribution < -0.4 is 11.1 Å². The highest BCUT2D eigenvalue weighted by molar-refractivity contribution is 7.13. The molecule has 0 aliphatic carbocycles. The Balaban J connectivity index is 1.47. The van der Waals surface area contributed by atoms with E-state index in [9.17, 15) is 14.4 Å². The van der Waals surface area contributed by atoms with Crippen LogP contribution in [0.4, 0.5) is 5.69 Å². The molecule has 0 radical (unpaired) electrons. The van der Waals surface area contributed by atoms with Gasteiger partial charge in [0.25, 0.3) is 5.91 Å².